The highest BCUT2D eigenvalue weighted by atomic mass is 16.5. The first-order valence-electron chi connectivity index (χ1n) is 6.92. The molecule has 2 amide bonds. The van der Waals surface area contributed by atoms with E-state index in [1.54, 1.807) is 12.0 Å². The van der Waals surface area contributed by atoms with Crippen molar-refractivity contribution in [2.45, 2.75) is 25.3 Å². The van der Waals surface area contributed by atoms with E-state index < -0.39 is 0 Å². The summed E-state index contributed by atoms with van der Waals surface area (Å²) < 4.78 is 5.17. The van der Waals surface area contributed by atoms with Crippen molar-refractivity contribution in [3.63, 3.8) is 0 Å². The lowest BCUT2D eigenvalue weighted by Gasteiger charge is -2.17. The SMILES string of the molecule is COc1cccc(N2CC(C(=O)NC3CC3)CC2=O)c1. The molecule has 1 saturated carbocycles. The molecule has 1 atom stereocenters. The minimum Gasteiger partial charge on any atom is -0.497 e. The molecular formula is C15H18N2O3. The van der Waals surface area contributed by atoms with Crippen LogP contribution in [0.25, 0.3) is 0 Å². The van der Waals surface area contributed by atoms with Gasteiger partial charge in [-0.25, -0.2) is 0 Å². The van der Waals surface area contributed by atoms with Crippen molar-refractivity contribution in [2.75, 3.05) is 18.6 Å². The van der Waals surface area contributed by atoms with Crippen LogP contribution in [-0.4, -0.2) is 31.5 Å². The predicted octanol–water partition coefficient (Wildman–Crippen LogP) is 1.33. The fourth-order valence-electron chi connectivity index (χ4n) is 2.46. The summed E-state index contributed by atoms with van der Waals surface area (Å²) in [6, 6.07) is 7.70. The molecule has 1 aromatic carbocycles. The van der Waals surface area contributed by atoms with Gasteiger partial charge in [-0.15, -0.1) is 0 Å². The molecule has 0 spiro atoms. The van der Waals surface area contributed by atoms with Crippen LogP contribution in [-0.2, 0) is 9.59 Å². The van der Waals surface area contributed by atoms with Gasteiger partial charge in [0.1, 0.15) is 5.75 Å². The summed E-state index contributed by atoms with van der Waals surface area (Å²) in [5, 5.41) is 2.97. The third kappa shape index (κ3) is 2.61. The van der Waals surface area contributed by atoms with Gasteiger partial charge in [-0.3, -0.25) is 9.59 Å². The molecule has 1 heterocycles. The molecule has 1 aliphatic heterocycles. The number of carbonyl (C=O) groups excluding carboxylic acids is 2. The lowest BCUT2D eigenvalue weighted by molar-refractivity contribution is -0.126. The average Bonchev–Trinajstić information content (AvgIpc) is 3.18. The maximum absolute atomic E-state index is 12.1. The first-order valence-corrected chi connectivity index (χ1v) is 6.92. The zero-order valence-electron chi connectivity index (χ0n) is 11.5. The zero-order chi connectivity index (χ0) is 14.1. The molecule has 1 unspecified atom stereocenters. The van der Waals surface area contributed by atoms with E-state index in [2.05, 4.69) is 5.32 Å². The van der Waals surface area contributed by atoms with E-state index in [1.807, 2.05) is 24.3 Å². The maximum Gasteiger partial charge on any atom is 0.227 e. The molecular weight excluding hydrogens is 256 g/mol. The molecule has 3 rings (SSSR count). The van der Waals surface area contributed by atoms with Crippen LogP contribution in [0.3, 0.4) is 0 Å². The Balaban J connectivity index is 1.70. The molecule has 0 bridgehead atoms. The second-order valence-electron chi connectivity index (χ2n) is 5.39. The number of amides is 2. The summed E-state index contributed by atoms with van der Waals surface area (Å²) in [6.07, 6.45) is 2.41. The summed E-state index contributed by atoms with van der Waals surface area (Å²) in [4.78, 5) is 25.8. The molecule has 2 fully saturated rings. The molecule has 20 heavy (non-hydrogen) atoms. The van der Waals surface area contributed by atoms with Crippen molar-refractivity contribution >= 4 is 17.5 Å². The first-order chi connectivity index (χ1) is 9.67. The van der Waals surface area contributed by atoms with Crippen molar-refractivity contribution in [1.82, 2.24) is 5.32 Å². The van der Waals surface area contributed by atoms with E-state index in [0.717, 1.165) is 18.5 Å². The minimum absolute atomic E-state index is 0.00537. The number of carbonyl (C=O) groups is 2. The maximum atomic E-state index is 12.1. The van der Waals surface area contributed by atoms with E-state index in [-0.39, 0.29) is 24.2 Å². The summed E-state index contributed by atoms with van der Waals surface area (Å²) in [5.41, 5.74) is 0.788. The van der Waals surface area contributed by atoms with Gasteiger partial charge in [0.25, 0.3) is 0 Å². The number of methoxy groups -OCH3 is 1. The van der Waals surface area contributed by atoms with Gasteiger partial charge in [0, 0.05) is 30.8 Å². The average molecular weight is 274 g/mol. The monoisotopic (exact) mass is 274 g/mol. The Morgan fingerprint density at radius 2 is 2.20 bits per heavy atom. The third-order valence-corrected chi connectivity index (χ3v) is 3.78. The van der Waals surface area contributed by atoms with Crippen LogP contribution in [0.5, 0.6) is 5.75 Å². The molecule has 1 saturated heterocycles. The largest absolute Gasteiger partial charge is 0.497 e. The Hall–Kier alpha value is -2.04. The van der Waals surface area contributed by atoms with Crippen LogP contribution < -0.4 is 15.0 Å². The second kappa shape index (κ2) is 5.15. The van der Waals surface area contributed by atoms with Gasteiger partial charge in [0.2, 0.25) is 11.8 Å². The minimum atomic E-state index is -0.241. The van der Waals surface area contributed by atoms with Crippen molar-refractivity contribution in [1.29, 1.82) is 0 Å². The van der Waals surface area contributed by atoms with Crippen LogP contribution in [0, 0.1) is 5.92 Å². The Bertz CT molecular complexity index is 540. The number of anilines is 1. The number of ether oxygens (including phenoxy) is 1. The lowest BCUT2D eigenvalue weighted by Crippen LogP contribution is -2.34. The smallest absolute Gasteiger partial charge is 0.227 e. The van der Waals surface area contributed by atoms with E-state index >= 15 is 0 Å². The van der Waals surface area contributed by atoms with Crippen LogP contribution in [0.4, 0.5) is 5.69 Å². The van der Waals surface area contributed by atoms with Crippen molar-refractivity contribution < 1.29 is 14.3 Å². The van der Waals surface area contributed by atoms with Crippen LogP contribution >= 0.6 is 0 Å². The van der Waals surface area contributed by atoms with Gasteiger partial charge in [-0.2, -0.15) is 0 Å². The number of nitrogens with zero attached hydrogens (tertiary/aromatic N) is 1. The van der Waals surface area contributed by atoms with E-state index in [4.69, 9.17) is 4.74 Å². The quantitative estimate of drug-likeness (QED) is 0.901. The van der Waals surface area contributed by atoms with Gasteiger partial charge in [-0.1, -0.05) is 6.07 Å². The van der Waals surface area contributed by atoms with Crippen molar-refractivity contribution in [3.8, 4) is 5.75 Å². The Morgan fingerprint density at radius 1 is 1.40 bits per heavy atom. The van der Waals surface area contributed by atoms with E-state index in [9.17, 15) is 9.59 Å². The molecule has 0 radical (unpaired) electrons. The number of hydrogen-bond donors (Lipinski definition) is 1. The summed E-state index contributed by atoms with van der Waals surface area (Å²) >= 11 is 0. The fourth-order valence-corrected chi connectivity index (χ4v) is 2.46. The standard InChI is InChI=1S/C15H18N2O3/c1-20-13-4-2-3-12(8-13)17-9-10(7-14(17)18)15(19)16-11-5-6-11/h2-4,8,10-11H,5-7,9H2,1H3,(H,16,19). The van der Waals surface area contributed by atoms with Crippen LogP contribution in [0.1, 0.15) is 19.3 Å². The highest BCUT2D eigenvalue weighted by Gasteiger charge is 2.37. The highest BCUT2D eigenvalue weighted by molar-refractivity contribution is 6.00. The molecule has 1 aromatic rings. The molecule has 5 heteroatoms. The molecule has 0 aromatic heterocycles. The molecule has 2 aliphatic rings. The second-order valence-corrected chi connectivity index (χ2v) is 5.39. The summed E-state index contributed by atoms with van der Waals surface area (Å²) in [6.45, 7) is 0.449. The first kappa shape index (κ1) is 13.0. The van der Waals surface area contributed by atoms with Gasteiger partial charge < -0.3 is 15.0 Å². The Morgan fingerprint density at radius 3 is 2.90 bits per heavy atom. The van der Waals surface area contributed by atoms with Gasteiger partial charge in [-0.05, 0) is 25.0 Å². The Kier molecular flexibility index (Phi) is 3.34. The number of rotatable bonds is 4. The van der Waals surface area contributed by atoms with Crippen LogP contribution in [0.2, 0.25) is 0 Å². The Labute approximate surface area is 117 Å². The van der Waals surface area contributed by atoms with Crippen LogP contribution in [0.15, 0.2) is 24.3 Å². The molecule has 1 N–H and O–H groups in total. The van der Waals surface area contributed by atoms with E-state index in [0.29, 0.717) is 18.3 Å². The van der Waals surface area contributed by atoms with Gasteiger partial charge in [0.15, 0.2) is 0 Å². The number of benzene rings is 1. The van der Waals surface area contributed by atoms with Crippen molar-refractivity contribution in [3.05, 3.63) is 24.3 Å². The topological polar surface area (TPSA) is 58.6 Å². The molecule has 5 nitrogen and oxygen atoms in total. The molecule has 106 valence electrons. The zero-order valence-corrected chi connectivity index (χ0v) is 11.5. The number of hydrogen-bond acceptors (Lipinski definition) is 3. The number of nitrogens with one attached hydrogen (secondary N) is 1. The van der Waals surface area contributed by atoms with Crippen molar-refractivity contribution in [2.24, 2.45) is 5.92 Å². The van der Waals surface area contributed by atoms with Gasteiger partial charge in [0.05, 0.1) is 13.0 Å². The molecule has 1 aliphatic carbocycles. The predicted molar refractivity (Wildman–Crippen MR) is 74.6 cm³/mol. The fraction of sp³-hybridized carbons (Fsp3) is 0.467. The third-order valence-electron chi connectivity index (χ3n) is 3.78. The summed E-state index contributed by atoms with van der Waals surface area (Å²) in [7, 11) is 1.59. The van der Waals surface area contributed by atoms with Gasteiger partial charge >= 0.3 is 0 Å². The normalized spacial score (nSPS) is 21.9. The highest BCUT2D eigenvalue weighted by Crippen LogP contribution is 2.28. The lowest BCUT2D eigenvalue weighted by atomic mass is 10.1. The van der Waals surface area contributed by atoms with E-state index in [1.165, 1.54) is 0 Å². The summed E-state index contributed by atoms with van der Waals surface area (Å²) in [5.74, 6) is 0.468.